The quantitative estimate of drug-likeness (QED) is 0.765. The summed E-state index contributed by atoms with van der Waals surface area (Å²) in [4.78, 5) is 11.6. The Morgan fingerprint density at radius 2 is 2.22 bits per heavy atom. The number of hydrogen-bond donors (Lipinski definition) is 2. The maximum Gasteiger partial charge on any atom is 0.261 e. The molecule has 1 amide bonds. The van der Waals surface area contributed by atoms with Crippen LogP contribution in [0.2, 0.25) is 0 Å². The third-order valence-electron chi connectivity index (χ3n) is 2.26. The molecule has 0 spiro atoms. The largest absolute Gasteiger partial charge is 0.507 e. The summed E-state index contributed by atoms with van der Waals surface area (Å²) >= 11 is 0. The molecule has 0 bridgehead atoms. The molecule has 1 aromatic carbocycles. The van der Waals surface area contributed by atoms with E-state index in [9.17, 15) is 18.7 Å². The molecule has 0 aliphatic carbocycles. The second-order valence-corrected chi connectivity index (χ2v) is 3.69. The Kier molecular flexibility index (Phi) is 5.51. The highest BCUT2D eigenvalue weighted by atomic mass is 19.3. The van der Waals surface area contributed by atoms with Gasteiger partial charge in [0.2, 0.25) is 0 Å². The Morgan fingerprint density at radius 3 is 2.89 bits per heavy atom. The molecule has 0 unspecified atom stereocenters. The Bertz CT molecular complexity index is 410. The number of hydrogen-bond acceptors (Lipinski definition) is 3. The molecule has 0 aliphatic rings. The van der Waals surface area contributed by atoms with Crippen LogP contribution in [0.15, 0.2) is 18.2 Å². The monoisotopic (exact) mass is 259 g/mol. The minimum atomic E-state index is -2.51. The summed E-state index contributed by atoms with van der Waals surface area (Å²) in [7, 11) is 0. The number of para-hydroxylation sites is 1. The molecule has 0 aromatic heterocycles. The highest BCUT2D eigenvalue weighted by Gasteiger charge is 2.11. The van der Waals surface area contributed by atoms with Crippen LogP contribution in [0.25, 0.3) is 0 Å². The molecule has 18 heavy (non-hydrogen) atoms. The molecule has 0 fully saturated rings. The zero-order chi connectivity index (χ0) is 13.5. The van der Waals surface area contributed by atoms with Gasteiger partial charge in [-0.3, -0.25) is 4.79 Å². The van der Waals surface area contributed by atoms with Crippen LogP contribution in [-0.4, -0.2) is 37.2 Å². The van der Waals surface area contributed by atoms with E-state index in [0.29, 0.717) is 5.56 Å². The lowest BCUT2D eigenvalue weighted by molar-refractivity contribution is 0.0188. The Morgan fingerprint density at radius 1 is 1.50 bits per heavy atom. The first-order valence-corrected chi connectivity index (χ1v) is 5.45. The Labute approximate surface area is 104 Å². The second-order valence-electron chi connectivity index (χ2n) is 3.69. The number of carbonyl (C=O) groups is 1. The Hall–Kier alpha value is -1.69. The van der Waals surface area contributed by atoms with Gasteiger partial charge in [0.05, 0.1) is 12.2 Å². The van der Waals surface area contributed by atoms with E-state index in [-0.39, 0.29) is 24.5 Å². The number of amides is 1. The van der Waals surface area contributed by atoms with Gasteiger partial charge in [-0.2, -0.15) is 0 Å². The van der Waals surface area contributed by atoms with Crippen molar-refractivity contribution < 1.29 is 23.4 Å². The van der Waals surface area contributed by atoms with Crippen LogP contribution in [0, 0.1) is 6.92 Å². The summed E-state index contributed by atoms with van der Waals surface area (Å²) < 4.78 is 28.1. The van der Waals surface area contributed by atoms with E-state index in [1.807, 2.05) is 0 Å². The van der Waals surface area contributed by atoms with Gasteiger partial charge in [0.1, 0.15) is 12.4 Å². The SMILES string of the molecule is Cc1cccc(C(=O)NCCOCC(F)F)c1O. The van der Waals surface area contributed by atoms with Crippen LogP contribution >= 0.6 is 0 Å². The molecule has 0 heterocycles. The van der Waals surface area contributed by atoms with Gasteiger partial charge < -0.3 is 15.2 Å². The lowest BCUT2D eigenvalue weighted by Crippen LogP contribution is -2.27. The average Bonchev–Trinajstić information content (AvgIpc) is 2.31. The second kappa shape index (κ2) is 6.90. The van der Waals surface area contributed by atoms with E-state index < -0.39 is 18.9 Å². The number of benzene rings is 1. The molecule has 1 aromatic rings. The molecular weight excluding hydrogens is 244 g/mol. The smallest absolute Gasteiger partial charge is 0.261 e. The lowest BCUT2D eigenvalue weighted by Gasteiger charge is -2.08. The molecule has 0 saturated heterocycles. The maximum atomic E-state index is 11.7. The third-order valence-corrected chi connectivity index (χ3v) is 2.26. The summed E-state index contributed by atoms with van der Waals surface area (Å²) in [5.41, 5.74) is 0.750. The van der Waals surface area contributed by atoms with E-state index in [2.05, 4.69) is 10.1 Å². The number of ether oxygens (including phenoxy) is 1. The predicted octanol–water partition coefficient (Wildman–Crippen LogP) is 1.71. The normalized spacial score (nSPS) is 10.7. The van der Waals surface area contributed by atoms with Gasteiger partial charge >= 0.3 is 0 Å². The highest BCUT2D eigenvalue weighted by molar-refractivity contribution is 5.97. The molecule has 1 rings (SSSR count). The van der Waals surface area contributed by atoms with Gasteiger partial charge in [0.25, 0.3) is 12.3 Å². The van der Waals surface area contributed by atoms with Crippen LogP contribution in [0.3, 0.4) is 0 Å². The fraction of sp³-hybridized carbons (Fsp3) is 0.417. The van der Waals surface area contributed by atoms with E-state index in [0.717, 1.165) is 0 Å². The van der Waals surface area contributed by atoms with E-state index in [1.165, 1.54) is 6.07 Å². The van der Waals surface area contributed by atoms with Gasteiger partial charge in [0, 0.05) is 6.54 Å². The molecule has 0 saturated carbocycles. The van der Waals surface area contributed by atoms with Crippen molar-refractivity contribution in [1.82, 2.24) is 5.32 Å². The summed E-state index contributed by atoms with van der Waals surface area (Å²) in [6.07, 6.45) is -2.51. The van der Waals surface area contributed by atoms with Crippen molar-refractivity contribution in [2.45, 2.75) is 13.3 Å². The number of rotatable bonds is 6. The minimum Gasteiger partial charge on any atom is -0.507 e. The summed E-state index contributed by atoms with van der Waals surface area (Å²) in [5, 5.41) is 12.1. The van der Waals surface area contributed by atoms with Crippen molar-refractivity contribution >= 4 is 5.91 Å². The van der Waals surface area contributed by atoms with Gasteiger partial charge in [-0.15, -0.1) is 0 Å². The third kappa shape index (κ3) is 4.29. The van der Waals surface area contributed by atoms with Crippen LogP contribution in [0.5, 0.6) is 5.75 Å². The minimum absolute atomic E-state index is 0.00264. The fourth-order valence-corrected chi connectivity index (χ4v) is 1.35. The first kappa shape index (κ1) is 14.4. The molecule has 2 N–H and O–H groups in total. The van der Waals surface area contributed by atoms with Gasteiger partial charge in [-0.1, -0.05) is 12.1 Å². The summed E-state index contributed by atoms with van der Waals surface area (Å²) in [5.74, 6) is -0.541. The number of aryl methyl sites for hydroxylation is 1. The number of halogens is 2. The van der Waals surface area contributed by atoms with Crippen LogP contribution in [0.4, 0.5) is 8.78 Å². The van der Waals surface area contributed by atoms with E-state index >= 15 is 0 Å². The molecule has 100 valence electrons. The van der Waals surface area contributed by atoms with Crippen LogP contribution < -0.4 is 5.32 Å². The van der Waals surface area contributed by atoms with E-state index in [1.54, 1.807) is 19.1 Å². The molecule has 6 heteroatoms. The average molecular weight is 259 g/mol. The molecular formula is C12H15F2NO3. The van der Waals surface area contributed by atoms with Crippen LogP contribution in [0.1, 0.15) is 15.9 Å². The zero-order valence-corrected chi connectivity index (χ0v) is 9.95. The van der Waals surface area contributed by atoms with Gasteiger partial charge in [0.15, 0.2) is 0 Å². The van der Waals surface area contributed by atoms with Crippen molar-refractivity contribution in [3.63, 3.8) is 0 Å². The predicted molar refractivity (Wildman–Crippen MR) is 62.0 cm³/mol. The van der Waals surface area contributed by atoms with Crippen molar-refractivity contribution in [3.05, 3.63) is 29.3 Å². The van der Waals surface area contributed by atoms with Crippen molar-refractivity contribution in [2.75, 3.05) is 19.8 Å². The topological polar surface area (TPSA) is 58.6 Å². The summed E-state index contributed by atoms with van der Waals surface area (Å²) in [6, 6.07) is 4.81. The zero-order valence-electron chi connectivity index (χ0n) is 9.95. The molecule has 0 radical (unpaired) electrons. The highest BCUT2D eigenvalue weighted by Crippen LogP contribution is 2.20. The number of phenolic OH excluding ortho intramolecular Hbond substituents is 1. The van der Waals surface area contributed by atoms with Crippen molar-refractivity contribution in [1.29, 1.82) is 0 Å². The standard InChI is InChI=1S/C12H15F2NO3/c1-8-3-2-4-9(11(8)16)12(17)15-5-6-18-7-10(13)14/h2-4,10,16H,5-7H2,1H3,(H,15,17). The number of nitrogens with one attached hydrogen (secondary N) is 1. The number of phenols is 1. The fourth-order valence-electron chi connectivity index (χ4n) is 1.35. The number of aromatic hydroxyl groups is 1. The number of carbonyl (C=O) groups excluding carboxylic acids is 1. The van der Waals surface area contributed by atoms with E-state index in [4.69, 9.17) is 0 Å². The Balaban J connectivity index is 2.39. The first-order chi connectivity index (χ1) is 8.52. The lowest BCUT2D eigenvalue weighted by atomic mass is 10.1. The maximum absolute atomic E-state index is 11.7. The first-order valence-electron chi connectivity index (χ1n) is 5.45. The molecule has 0 atom stereocenters. The van der Waals surface area contributed by atoms with Gasteiger partial charge in [-0.05, 0) is 18.6 Å². The van der Waals surface area contributed by atoms with Gasteiger partial charge in [-0.25, -0.2) is 8.78 Å². The summed E-state index contributed by atoms with van der Waals surface area (Å²) in [6.45, 7) is 1.14. The molecule has 0 aliphatic heterocycles. The van der Waals surface area contributed by atoms with Crippen molar-refractivity contribution in [2.24, 2.45) is 0 Å². The van der Waals surface area contributed by atoms with Crippen LogP contribution in [-0.2, 0) is 4.74 Å². The molecule has 4 nitrogen and oxygen atoms in total. The number of alkyl halides is 2. The van der Waals surface area contributed by atoms with Crippen molar-refractivity contribution in [3.8, 4) is 5.75 Å².